The highest BCUT2D eigenvalue weighted by Crippen LogP contribution is 2.33. The molecular formula is C31H23N3O6. The van der Waals surface area contributed by atoms with Gasteiger partial charge in [-0.25, -0.2) is 9.78 Å². The van der Waals surface area contributed by atoms with Gasteiger partial charge in [0.1, 0.15) is 22.9 Å². The van der Waals surface area contributed by atoms with Gasteiger partial charge in [0.2, 0.25) is 5.82 Å². The summed E-state index contributed by atoms with van der Waals surface area (Å²) in [6, 6.07) is 24.8. The van der Waals surface area contributed by atoms with Gasteiger partial charge in [-0.15, -0.1) is 0 Å². The number of nitrogens with zero attached hydrogens (tertiary/aromatic N) is 3. The molecule has 3 aromatic heterocycles. The SMILES string of the molecule is CCOC(=O)c1ccc(-c2ccc(C=Nn3c(-c4cc5c(OC)cccc5o4)nc4ccccc4c3=O)o2)cc1. The number of furan rings is 2. The maximum atomic E-state index is 13.5. The molecule has 3 aromatic carbocycles. The van der Waals surface area contributed by atoms with E-state index in [0.29, 0.717) is 51.7 Å². The van der Waals surface area contributed by atoms with Crippen molar-refractivity contribution < 1.29 is 23.1 Å². The van der Waals surface area contributed by atoms with Crippen LogP contribution in [0.3, 0.4) is 0 Å². The Labute approximate surface area is 227 Å². The molecule has 0 fully saturated rings. The van der Waals surface area contributed by atoms with E-state index in [1.807, 2.05) is 24.3 Å². The zero-order valence-corrected chi connectivity index (χ0v) is 21.7. The van der Waals surface area contributed by atoms with Crippen molar-refractivity contribution in [2.75, 3.05) is 13.7 Å². The number of carbonyl (C=O) groups excluding carboxylic acids is 1. The Morgan fingerprint density at radius 2 is 1.77 bits per heavy atom. The molecular weight excluding hydrogens is 510 g/mol. The van der Waals surface area contributed by atoms with E-state index in [-0.39, 0.29) is 17.4 Å². The lowest BCUT2D eigenvalue weighted by molar-refractivity contribution is 0.0526. The van der Waals surface area contributed by atoms with Gasteiger partial charge in [-0.1, -0.05) is 30.3 Å². The molecule has 0 N–H and O–H groups in total. The molecule has 0 amide bonds. The lowest BCUT2D eigenvalue weighted by atomic mass is 10.1. The molecule has 9 heteroatoms. The van der Waals surface area contributed by atoms with E-state index in [1.54, 1.807) is 74.7 Å². The van der Waals surface area contributed by atoms with Crippen molar-refractivity contribution in [2.45, 2.75) is 6.92 Å². The van der Waals surface area contributed by atoms with Crippen LogP contribution in [-0.2, 0) is 4.74 Å². The normalized spacial score (nSPS) is 11.4. The van der Waals surface area contributed by atoms with E-state index in [0.717, 1.165) is 10.9 Å². The first-order chi connectivity index (χ1) is 19.6. The number of esters is 1. The minimum Gasteiger partial charge on any atom is -0.496 e. The van der Waals surface area contributed by atoms with Crippen molar-refractivity contribution in [2.24, 2.45) is 5.10 Å². The van der Waals surface area contributed by atoms with Crippen LogP contribution in [0.15, 0.2) is 104 Å². The van der Waals surface area contributed by atoms with Crippen LogP contribution in [0.2, 0.25) is 0 Å². The first-order valence-electron chi connectivity index (χ1n) is 12.6. The van der Waals surface area contributed by atoms with Crippen molar-refractivity contribution in [1.82, 2.24) is 9.66 Å². The van der Waals surface area contributed by atoms with E-state index in [4.69, 9.17) is 23.3 Å². The first-order valence-corrected chi connectivity index (χ1v) is 12.6. The van der Waals surface area contributed by atoms with Crippen LogP contribution < -0.4 is 10.3 Å². The van der Waals surface area contributed by atoms with Gasteiger partial charge in [0.15, 0.2) is 5.76 Å². The lowest BCUT2D eigenvalue weighted by Crippen LogP contribution is -2.20. The predicted octanol–water partition coefficient (Wildman–Crippen LogP) is 6.14. The Hall–Kier alpha value is -5.44. The molecule has 0 atom stereocenters. The Morgan fingerprint density at radius 1 is 0.950 bits per heavy atom. The molecule has 198 valence electrons. The van der Waals surface area contributed by atoms with Gasteiger partial charge in [0, 0.05) is 5.56 Å². The number of methoxy groups -OCH3 is 1. The fourth-order valence-electron chi connectivity index (χ4n) is 4.39. The summed E-state index contributed by atoms with van der Waals surface area (Å²) in [5.74, 6) is 1.85. The third-order valence-electron chi connectivity index (χ3n) is 6.32. The van der Waals surface area contributed by atoms with Crippen molar-refractivity contribution in [3.05, 3.63) is 107 Å². The maximum Gasteiger partial charge on any atom is 0.338 e. The number of ether oxygens (including phenoxy) is 2. The molecule has 0 saturated heterocycles. The fourth-order valence-corrected chi connectivity index (χ4v) is 4.39. The van der Waals surface area contributed by atoms with Crippen molar-refractivity contribution in [3.8, 4) is 28.7 Å². The van der Waals surface area contributed by atoms with E-state index in [9.17, 15) is 9.59 Å². The average Bonchev–Trinajstić information content (AvgIpc) is 3.64. The summed E-state index contributed by atoms with van der Waals surface area (Å²) in [4.78, 5) is 30.2. The number of para-hydroxylation sites is 1. The lowest BCUT2D eigenvalue weighted by Gasteiger charge is -2.06. The summed E-state index contributed by atoms with van der Waals surface area (Å²) < 4.78 is 23.7. The summed E-state index contributed by atoms with van der Waals surface area (Å²) in [6.07, 6.45) is 1.45. The maximum absolute atomic E-state index is 13.5. The Morgan fingerprint density at radius 3 is 2.58 bits per heavy atom. The van der Waals surface area contributed by atoms with Gasteiger partial charge in [-0.2, -0.15) is 9.78 Å². The predicted molar refractivity (Wildman–Crippen MR) is 151 cm³/mol. The third kappa shape index (κ3) is 4.54. The number of hydrogen-bond donors (Lipinski definition) is 0. The molecule has 40 heavy (non-hydrogen) atoms. The molecule has 9 nitrogen and oxygen atoms in total. The van der Waals surface area contributed by atoms with Gasteiger partial charge < -0.3 is 18.3 Å². The molecule has 0 spiro atoms. The summed E-state index contributed by atoms with van der Waals surface area (Å²) in [6.45, 7) is 2.07. The molecule has 0 aliphatic heterocycles. The highest BCUT2D eigenvalue weighted by atomic mass is 16.5. The Balaban J connectivity index is 1.38. The minimum absolute atomic E-state index is 0.236. The average molecular weight is 534 g/mol. The number of hydrogen-bond acceptors (Lipinski definition) is 8. The monoisotopic (exact) mass is 533 g/mol. The summed E-state index contributed by atoms with van der Waals surface area (Å²) >= 11 is 0. The van der Waals surface area contributed by atoms with Crippen LogP contribution in [0.5, 0.6) is 5.75 Å². The fraction of sp³-hybridized carbons (Fsp3) is 0.0968. The van der Waals surface area contributed by atoms with Crippen molar-refractivity contribution >= 4 is 34.1 Å². The zero-order chi connectivity index (χ0) is 27.6. The number of benzene rings is 3. The second-order valence-corrected chi connectivity index (χ2v) is 8.80. The van der Waals surface area contributed by atoms with Crippen molar-refractivity contribution in [1.29, 1.82) is 0 Å². The number of fused-ring (bicyclic) bond motifs is 2. The highest BCUT2D eigenvalue weighted by Gasteiger charge is 2.18. The molecule has 3 heterocycles. The van der Waals surface area contributed by atoms with E-state index in [1.165, 1.54) is 10.9 Å². The molecule has 0 aliphatic carbocycles. The number of carbonyl (C=O) groups is 1. The Bertz CT molecular complexity index is 1950. The van der Waals surface area contributed by atoms with Crippen LogP contribution >= 0.6 is 0 Å². The van der Waals surface area contributed by atoms with Gasteiger partial charge >= 0.3 is 5.97 Å². The van der Waals surface area contributed by atoms with Gasteiger partial charge in [0.05, 0.1) is 41.8 Å². The molecule has 6 aromatic rings. The number of rotatable bonds is 7. The summed E-state index contributed by atoms with van der Waals surface area (Å²) in [5.41, 5.74) is 1.99. The molecule has 0 radical (unpaired) electrons. The largest absolute Gasteiger partial charge is 0.496 e. The van der Waals surface area contributed by atoms with E-state index in [2.05, 4.69) is 5.10 Å². The van der Waals surface area contributed by atoms with Crippen LogP contribution in [-0.4, -0.2) is 35.6 Å². The highest BCUT2D eigenvalue weighted by molar-refractivity contribution is 5.90. The first kappa shape index (κ1) is 24.9. The van der Waals surface area contributed by atoms with E-state index >= 15 is 0 Å². The quantitative estimate of drug-likeness (QED) is 0.179. The standard InChI is InChI=1S/C31H23N3O6/c1-3-38-31(36)20-13-11-19(12-14-20)25-16-15-21(39-25)18-32-34-29(33-24-8-5-4-7-22(24)30(34)35)28-17-23-26(37-2)9-6-10-27(23)40-28/h4-18H,3H2,1-2H3. The molecule has 0 bridgehead atoms. The second-order valence-electron chi connectivity index (χ2n) is 8.80. The van der Waals surface area contributed by atoms with Crippen LogP contribution in [0.25, 0.3) is 44.8 Å². The number of aromatic nitrogens is 2. The van der Waals surface area contributed by atoms with Gasteiger partial charge in [-0.05, 0) is 61.5 Å². The van der Waals surface area contributed by atoms with Gasteiger partial charge in [0.25, 0.3) is 5.56 Å². The smallest absolute Gasteiger partial charge is 0.338 e. The summed E-state index contributed by atoms with van der Waals surface area (Å²) in [7, 11) is 1.59. The molecule has 0 saturated carbocycles. The topological polar surface area (TPSA) is 109 Å². The third-order valence-corrected chi connectivity index (χ3v) is 6.32. The molecule has 0 unspecified atom stereocenters. The van der Waals surface area contributed by atoms with E-state index < -0.39 is 0 Å². The van der Waals surface area contributed by atoms with Crippen LogP contribution in [0.4, 0.5) is 0 Å². The summed E-state index contributed by atoms with van der Waals surface area (Å²) in [5, 5.41) is 5.62. The Kier molecular flexibility index (Phi) is 6.45. The van der Waals surface area contributed by atoms with Crippen molar-refractivity contribution in [3.63, 3.8) is 0 Å². The van der Waals surface area contributed by atoms with Gasteiger partial charge in [-0.3, -0.25) is 4.79 Å². The van der Waals surface area contributed by atoms with Crippen LogP contribution in [0.1, 0.15) is 23.0 Å². The molecule has 6 rings (SSSR count). The van der Waals surface area contributed by atoms with Crippen LogP contribution in [0, 0.1) is 0 Å². The zero-order valence-electron chi connectivity index (χ0n) is 21.7. The second kappa shape index (κ2) is 10.4. The molecule has 0 aliphatic rings. The minimum atomic E-state index is -0.380.